The zero-order chi connectivity index (χ0) is 29.1. The van der Waals surface area contributed by atoms with Crippen molar-refractivity contribution < 1.29 is 48.1 Å². The van der Waals surface area contributed by atoms with E-state index < -0.39 is 29.9 Å². The van der Waals surface area contributed by atoms with Crippen molar-refractivity contribution in [2.45, 2.75) is 19.8 Å². The number of fused-ring (bicyclic) bond motifs is 2. The van der Waals surface area contributed by atoms with E-state index in [2.05, 4.69) is 21.3 Å². The molecule has 14 nitrogen and oxygen atoms in total. The first-order valence-electron chi connectivity index (χ1n) is 12.4. The molecule has 3 rings (SSSR count). The molecule has 0 saturated heterocycles. The Bertz CT molecular complexity index is 1300. The van der Waals surface area contributed by atoms with E-state index in [1.54, 1.807) is 24.3 Å². The monoisotopic (exact) mass is 558 g/mol. The van der Waals surface area contributed by atoms with E-state index in [4.69, 9.17) is 24.1 Å². The van der Waals surface area contributed by atoms with E-state index in [9.17, 15) is 24.0 Å². The topological polar surface area (TPSA) is 206 Å². The van der Waals surface area contributed by atoms with Gasteiger partial charge in [-0.2, -0.15) is 0 Å². The Morgan fingerprint density at radius 2 is 1.25 bits per heavy atom. The fourth-order valence-electron chi connectivity index (χ4n) is 3.72. The van der Waals surface area contributed by atoms with Gasteiger partial charge in [0.1, 0.15) is 0 Å². The number of benzene rings is 2. The SMILES string of the molecule is CC(=O)c1cc2c(OC(=O)NCCCNCC(=O)O)c3ccccc3c(OC(=O)NCCCNCC(=O)O)c2o1. The first kappa shape index (κ1) is 29.9. The highest BCUT2D eigenvalue weighted by atomic mass is 16.6. The molecule has 40 heavy (non-hydrogen) atoms. The Balaban J connectivity index is 1.79. The van der Waals surface area contributed by atoms with Crippen LogP contribution in [0.4, 0.5) is 9.59 Å². The van der Waals surface area contributed by atoms with Crippen molar-refractivity contribution in [3.05, 3.63) is 36.1 Å². The maximum Gasteiger partial charge on any atom is 0.412 e. The summed E-state index contributed by atoms with van der Waals surface area (Å²) < 4.78 is 16.9. The van der Waals surface area contributed by atoms with Gasteiger partial charge in [-0.15, -0.1) is 0 Å². The Hall–Kier alpha value is -4.69. The summed E-state index contributed by atoms with van der Waals surface area (Å²) in [6.45, 7) is 2.07. The van der Waals surface area contributed by atoms with Gasteiger partial charge in [-0.25, -0.2) is 9.59 Å². The molecule has 1 aromatic heterocycles. The van der Waals surface area contributed by atoms with Crippen molar-refractivity contribution in [3.63, 3.8) is 0 Å². The number of hydrogen-bond donors (Lipinski definition) is 6. The molecular weight excluding hydrogens is 528 g/mol. The third-order valence-corrected chi connectivity index (χ3v) is 5.49. The molecule has 0 aliphatic carbocycles. The van der Waals surface area contributed by atoms with E-state index in [0.717, 1.165) is 0 Å². The van der Waals surface area contributed by atoms with Gasteiger partial charge in [0.25, 0.3) is 0 Å². The third-order valence-electron chi connectivity index (χ3n) is 5.49. The van der Waals surface area contributed by atoms with Gasteiger partial charge in [0.2, 0.25) is 0 Å². The zero-order valence-corrected chi connectivity index (χ0v) is 21.7. The predicted octanol–water partition coefficient (Wildman–Crippen LogP) is 2.09. The highest BCUT2D eigenvalue weighted by Gasteiger charge is 2.24. The summed E-state index contributed by atoms with van der Waals surface area (Å²) in [4.78, 5) is 58.4. The zero-order valence-electron chi connectivity index (χ0n) is 21.7. The number of carbonyl (C=O) groups excluding carboxylic acids is 3. The molecular formula is C26H30N4O10. The second-order valence-electron chi connectivity index (χ2n) is 8.59. The van der Waals surface area contributed by atoms with Crippen LogP contribution in [-0.4, -0.2) is 79.4 Å². The predicted molar refractivity (Wildman–Crippen MR) is 142 cm³/mol. The molecule has 14 heteroatoms. The lowest BCUT2D eigenvalue weighted by Gasteiger charge is -2.14. The number of carbonyl (C=O) groups is 5. The van der Waals surface area contributed by atoms with Gasteiger partial charge in [0, 0.05) is 30.8 Å². The highest BCUT2D eigenvalue weighted by molar-refractivity contribution is 6.12. The minimum atomic E-state index is -0.984. The van der Waals surface area contributed by atoms with E-state index in [0.29, 0.717) is 36.7 Å². The molecule has 6 N–H and O–H groups in total. The van der Waals surface area contributed by atoms with Crippen LogP contribution in [-0.2, 0) is 9.59 Å². The molecule has 0 spiro atoms. The standard InChI is InChI=1S/C26H30N4O10/c1-15(31)19-12-18-22(39-25(36)29-10-4-8-27-13-20(32)33)16-6-2-3-7-17(16)23(24(18)38-19)40-26(37)30-11-5-9-28-14-21(34)35/h2-3,6-7,12,27-28H,4-5,8-11,13-14H2,1H3,(H,29,36)(H,30,37)(H,32,33)(H,34,35). The van der Waals surface area contributed by atoms with Crippen LogP contribution in [0.1, 0.15) is 30.3 Å². The fraction of sp³-hybridized carbons (Fsp3) is 0.346. The summed E-state index contributed by atoms with van der Waals surface area (Å²) in [7, 11) is 0. The molecule has 2 aromatic carbocycles. The number of amides is 2. The number of ketones is 1. The van der Waals surface area contributed by atoms with Crippen molar-refractivity contribution in [2.75, 3.05) is 39.3 Å². The van der Waals surface area contributed by atoms with E-state index in [1.807, 2.05) is 0 Å². The van der Waals surface area contributed by atoms with Crippen LogP contribution in [0.2, 0.25) is 0 Å². The van der Waals surface area contributed by atoms with Crippen molar-refractivity contribution in [3.8, 4) is 11.5 Å². The van der Waals surface area contributed by atoms with Crippen molar-refractivity contribution in [1.82, 2.24) is 21.3 Å². The third kappa shape index (κ3) is 8.41. The van der Waals surface area contributed by atoms with E-state index in [1.165, 1.54) is 13.0 Å². The largest absolute Gasteiger partial charge is 0.480 e. The summed E-state index contributed by atoms with van der Waals surface area (Å²) in [6, 6.07) is 8.10. The Labute approximate surface area is 228 Å². The van der Waals surface area contributed by atoms with Gasteiger partial charge < -0.3 is 45.4 Å². The summed E-state index contributed by atoms with van der Waals surface area (Å²) in [5.41, 5.74) is 0.0304. The summed E-state index contributed by atoms with van der Waals surface area (Å²) in [5.74, 6) is -2.27. The van der Waals surface area contributed by atoms with Crippen LogP contribution in [0.25, 0.3) is 21.7 Å². The number of rotatable bonds is 15. The second kappa shape index (κ2) is 14.5. The molecule has 0 atom stereocenters. The Morgan fingerprint density at radius 1 is 0.750 bits per heavy atom. The number of aliphatic carboxylic acids is 2. The Kier molecular flexibility index (Phi) is 10.8. The van der Waals surface area contributed by atoms with Crippen molar-refractivity contribution in [1.29, 1.82) is 0 Å². The smallest absolute Gasteiger partial charge is 0.412 e. The Morgan fingerprint density at radius 3 is 1.75 bits per heavy atom. The second-order valence-corrected chi connectivity index (χ2v) is 8.59. The van der Waals surface area contributed by atoms with Gasteiger partial charge in [-0.3, -0.25) is 14.4 Å². The van der Waals surface area contributed by atoms with Crippen LogP contribution < -0.4 is 30.7 Å². The summed E-state index contributed by atoms with van der Waals surface area (Å²) >= 11 is 0. The maximum absolute atomic E-state index is 12.6. The van der Waals surface area contributed by atoms with E-state index in [-0.39, 0.29) is 54.4 Å². The van der Waals surface area contributed by atoms with Gasteiger partial charge in [-0.05, 0) is 32.0 Å². The minimum Gasteiger partial charge on any atom is -0.480 e. The number of carboxylic acid groups (broad SMARTS) is 2. The molecule has 0 aliphatic rings. The first-order chi connectivity index (χ1) is 19.2. The molecule has 1 heterocycles. The number of ether oxygens (including phenoxy) is 2. The molecule has 0 bridgehead atoms. The average molecular weight is 559 g/mol. The number of Topliss-reactive ketones (excluding diaryl/α,β-unsaturated/α-hetero) is 1. The molecule has 0 fully saturated rings. The van der Waals surface area contributed by atoms with Gasteiger partial charge in [0.05, 0.1) is 18.5 Å². The molecule has 214 valence electrons. The molecule has 2 amide bonds. The van der Waals surface area contributed by atoms with Crippen LogP contribution >= 0.6 is 0 Å². The van der Waals surface area contributed by atoms with Crippen molar-refractivity contribution >= 4 is 51.7 Å². The minimum absolute atomic E-state index is 0.0249. The number of furan rings is 1. The van der Waals surface area contributed by atoms with Crippen molar-refractivity contribution in [2.24, 2.45) is 0 Å². The first-order valence-corrected chi connectivity index (χ1v) is 12.4. The normalized spacial score (nSPS) is 10.8. The van der Waals surface area contributed by atoms with E-state index >= 15 is 0 Å². The highest BCUT2D eigenvalue weighted by Crippen LogP contribution is 2.44. The number of hydrogen-bond acceptors (Lipinski definition) is 10. The summed E-state index contributed by atoms with van der Waals surface area (Å²) in [5, 5.41) is 28.9. The van der Waals surface area contributed by atoms with Crippen LogP contribution in [0, 0.1) is 0 Å². The van der Waals surface area contributed by atoms with Crippen LogP contribution in [0.15, 0.2) is 34.7 Å². The number of nitrogens with one attached hydrogen (secondary N) is 4. The molecule has 0 radical (unpaired) electrons. The summed E-state index contributed by atoms with van der Waals surface area (Å²) in [6.07, 6.45) is -0.673. The number of carboxylic acids is 2. The van der Waals surface area contributed by atoms with Gasteiger partial charge >= 0.3 is 24.1 Å². The molecule has 0 aliphatic heterocycles. The van der Waals surface area contributed by atoms with Gasteiger partial charge in [-0.1, -0.05) is 24.3 Å². The average Bonchev–Trinajstić information content (AvgIpc) is 3.35. The van der Waals surface area contributed by atoms with Crippen LogP contribution in [0.3, 0.4) is 0 Å². The maximum atomic E-state index is 12.6. The van der Waals surface area contributed by atoms with Gasteiger partial charge in [0.15, 0.2) is 28.6 Å². The lowest BCUT2D eigenvalue weighted by molar-refractivity contribution is -0.136. The molecule has 0 saturated carbocycles. The fourth-order valence-corrected chi connectivity index (χ4v) is 3.72. The molecule has 3 aromatic rings. The quantitative estimate of drug-likeness (QED) is 0.117. The lowest BCUT2D eigenvalue weighted by Crippen LogP contribution is -2.31. The van der Waals surface area contributed by atoms with Crippen LogP contribution in [0.5, 0.6) is 11.5 Å². The molecule has 0 unspecified atom stereocenters. The lowest BCUT2D eigenvalue weighted by atomic mass is 10.1.